The standard InChI is InChI=1S/C17H30O4/c1-3-5-6-7-10-13(4-2)21-17(20)15-12-9-8-11-14(15)16(18)19/h13-15H,3-12H2,1-2H3,(H,18,19). The van der Waals surface area contributed by atoms with Gasteiger partial charge in [-0.25, -0.2) is 0 Å². The maximum atomic E-state index is 12.3. The third kappa shape index (κ3) is 6.06. The molecule has 0 heterocycles. The normalized spacial score (nSPS) is 23.5. The maximum Gasteiger partial charge on any atom is 0.310 e. The monoisotopic (exact) mass is 298 g/mol. The summed E-state index contributed by atoms with van der Waals surface area (Å²) in [5, 5.41) is 9.24. The van der Waals surface area contributed by atoms with Gasteiger partial charge in [-0.3, -0.25) is 9.59 Å². The Bertz CT molecular complexity index is 327. The van der Waals surface area contributed by atoms with Crippen LogP contribution in [0.4, 0.5) is 0 Å². The van der Waals surface area contributed by atoms with Gasteiger partial charge >= 0.3 is 11.9 Å². The number of carbonyl (C=O) groups is 2. The summed E-state index contributed by atoms with van der Waals surface area (Å²) in [6.07, 6.45) is 9.39. The van der Waals surface area contributed by atoms with Crippen molar-refractivity contribution in [1.82, 2.24) is 0 Å². The van der Waals surface area contributed by atoms with Gasteiger partial charge in [-0.1, -0.05) is 46.0 Å². The molecule has 3 atom stereocenters. The summed E-state index contributed by atoms with van der Waals surface area (Å²) in [6, 6.07) is 0. The first-order valence-corrected chi connectivity index (χ1v) is 8.53. The highest BCUT2D eigenvalue weighted by Crippen LogP contribution is 2.32. The summed E-state index contributed by atoms with van der Waals surface area (Å²) in [7, 11) is 0. The molecule has 4 heteroatoms. The largest absolute Gasteiger partial charge is 0.481 e. The lowest BCUT2D eigenvalue weighted by Crippen LogP contribution is -2.35. The Kier molecular flexibility index (Phi) is 8.40. The van der Waals surface area contributed by atoms with Gasteiger partial charge in [0.1, 0.15) is 6.10 Å². The number of carbonyl (C=O) groups excluding carboxylic acids is 1. The number of hydrogen-bond donors (Lipinski definition) is 1. The summed E-state index contributed by atoms with van der Waals surface area (Å²) in [6.45, 7) is 4.19. The zero-order valence-electron chi connectivity index (χ0n) is 13.5. The fraction of sp³-hybridized carbons (Fsp3) is 0.882. The Morgan fingerprint density at radius 2 is 1.76 bits per heavy atom. The van der Waals surface area contributed by atoms with Crippen molar-refractivity contribution in [3.05, 3.63) is 0 Å². The Morgan fingerprint density at radius 3 is 2.33 bits per heavy atom. The van der Waals surface area contributed by atoms with Crippen molar-refractivity contribution in [2.45, 2.75) is 84.2 Å². The molecule has 1 saturated carbocycles. The molecule has 4 nitrogen and oxygen atoms in total. The maximum absolute atomic E-state index is 12.3. The molecule has 0 aromatic rings. The Balaban J connectivity index is 2.46. The third-order valence-corrected chi connectivity index (χ3v) is 4.50. The van der Waals surface area contributed by atoms with Crippen molar-refractivity contribution in [1.29, 1.82) is 0 Å². The van der Waals surface area contributed by atoms with E-state index in [1.54, 1.807) is 0 Å². The van der Waals surface area contributed by atoms with Crippen molar-refractivity contribution < 1.29 is 19.4 Å². The third-order valence-electron chi connectivity index (χ3n) is 4.50. The quantitative estimate of drug-likeness (QED) is 0.512. The average molecular weight is 298 g/mol. The smallest absolute Gasteiger partial charge is 0.310 e. The second-order valence-electron chi connectivity index (χ2n) is 6.15. The van der Waals surface area contributed by atoms with Gasteiger partial charge in [0, 0.05) is 0 Å². The molecule has 0 aromatic heterocycles. The molecule has 0 spiro atoms. The number of aliphatic carboxylic acids is 1. The van der Waals surface area contributed by atoms with E-state index < -0.39 is 17.8 Å². The van der Waals surface area contributed by atoms with Gasteiger partial charge in [0.05, 0.1) is 11.8 Å². The minimum Gasteiger partial charge on any atom is -0.481 e. The van der Waals surface area contributed by atoms with E-state index in [4.69, 9.17) is 4.74 Å². The molecular weight excluding hydrogens is 268 g/mol. The van der Waals surface area contributed by atoms with E-state index >= 15 is 0 Å². The SMILES string of the molecule is CCCCCCC(CC)OC(=O)C1CCCCC1C(=O)O. The number of carboxylic acid groups (broad SMARTS) is 1. The fourth-order valence-corrected chi connectivity index (χ4v) is 3.11. The zero-order chi connectivity index (χ0) is 15.7. The van der Waals surface area contributed by atoms with Gasteiger partial charge < -0.3 is 9.84 Å². The highest BCUT2D eigenvalue weighted by Gasteiger charge is 2.37. The van der Waals surface area contributed by atoms with Crippen LogP contribution in [-0.2, 0) is 14.3 Å². The van der Waals surface area contributed by atoms with Crippen molar-refractivity contribution in [3.8, 4) is 0 Å². The minimum atomic E-state index is -0.854. The van der Waals surface area contributed by atoms with Gasteiger partial charge in [0.25, 0.3) is 0 Å². The van der Waals surface area contributed by atoms with Crippen molar-refractivity contribution in [2.24, 2.45) is 11.8 Å². The lowest BCUT2D eigenvalue weighted by atomic mass is 9.79. The number of hydrogen-bond acceptors (Lipinski definition) is 3. The van der Waals surface area contributed by atoms with Crippen LogP contribution in [0.15, 0.2) is 0 Å². The first-order valence-electron chi connectivity index (χ1n) is 8.53. The molecule has 1 aliphatic carbocycles. The number of esters is 1. The predicted molar refractivity (Wildman–Crippen MR) is 82.0 cm³/mol. The number of carboxylic acids is 1. The fourth-order valence-electron chi connectivity index (χ4n) is 3.11. The van der Waals surface area contributed by atoms with Crippen LogP contribution in [0.3, 0.4) is 0 Å². The Morgan fingerprint density at radius 1 is 1.10 bits per heavy atom. The van der Waals surface area contributed by atoms with Gasteiger partial charge in [-0.05, 0) is 32.1 Å². The van der Waals surface area contributed by atoms with Crippen molar-refractivity contribution >= 4 is 11.9 Å². The van der Waals surface area contributed by atoms with Crippen LogP contribution < -0.4 is 0 Å². The Labute approximate surface area is 128 Å². The molecule has 0 radical (unpaired) electrons. The highest BCUT2D eigenvalue weighted by molar-refractivity contribution is 5.81. The number of unbranched alkanes of at least 4 members (excludes halogenated alkanes) is 3. The molecule has 21 heavy (non-hydrogen) atoms. The molecular formula is C17H30O4. The molecule has 1 rings (SSSR count). The molecule has 0 saturated heterocycles. The van der Waals surface area contributed by atoms with Crippen LogP contribution >= 0.6 is 0 Å². The van der Waals surface area contributed by atoms with Gasteiger partial charge in [-0.2, -0.15) is 0 Å². The summed E-state index contributed by atoms with van der Waals surface area (Å²) in [5.41, 5.74) is 0. The van der Waals surface area contributed by atoms with Crippen LogP contribution in [0, 0.1) is 11.8 Å². The van der Waals surface area contributed by atoms with E-state index in [-0.39, 0.29) is 12.1 Å². The summed E-state index contributed by atoms with van der Waals surface area (Å²) < 4.78 is 5.60. The second-order valence-corrected chi connectivity index (χ2v) is 6.15. The lowest BCUT2D eigenvalue weighted by molar-refractivity contribution is -0.164. The van der Waals surface area contributed by atoms with Gasteiger partial charge in [-0.15, -0.1) is 0 Å². The van der Waals surface area contributed by atoms with Gasteiger partial charge in [0.2, 0.25) is 0 Å². The Hall–Kier alpha value is -1.06. The van der Waals surface area contributed by atoms with Gasteiger partial charge in [0.15, 0.2) is 0 Å². The zero-order valence-corrected chi connectivity index (χ0v) is 13.5. The minimum absolute atomic E-state index is 0.0503. The molecule has 0 bridgehead atoms. The number of rotatable bonds is 9. The predicted octanol–water partition coefficient (Wildman–Crippen LogP) is 4.17. The van der Waals surface area contributed by atoms with E-state index in [1.165, 1.54) is 19.3 Å². The van der Waals surface area contributed by atoms with Crippen LogP contribution in [0.1, 0.15) is 78.1 Å². The second kappa shape index (κ2) is 9.80. The molecule has 0 aliphatic heterocycles. The number of ether oxygens (including phenoxy) is 1. The first-order chi connectivity index (χ1) is 10.1. The molecule has 1 aliphatic rings. The summed E-state index contributed by atoms with van der Waals surface area (Å²) in [5.74, 6) is -2.14. The molecule has 0 aromatic carbocycles. The van der Waals surface area contributed by atoms with Crippen molar-refractivity contribution in [3.63, 3.8) is 0 Å². The summed E-state index contributed by atoms with van der Waals surface area (Å²) in [4.78, 5) is 23.5. The van der Waals surface area contributed by atoms with Crippen LogP contribution in [0.2, 0.25) is 0 Å². The van der Waals surface area contributed by atoms with Crippen LogP contribution in [-0.4, -0.2) is 23.1 Å². The van der Waals surface area contributed by atoms with E-state index in [0.29, 0.717) is 12.8 Å². The van der Waals surface area contributed by atoms with E-state index in [9.17, 15) is 14.7 Å². The van der Waals surface area contributed by atoms with E-state index in [1.807, 2.05) is 6.92 Å². The average Bonchev–Trinajstić information content (AvgIpc) is 2.50. The van der Waals surface area contributed by atoms with Crippen LogP contribution in [0.5, 0.6) is 0 Å². The van der Waals surface area contributed by atoms with E-state index in [0.717, 1.165) is 32.1 Å². The van der Waals surface area contributed by atoms with Crippen molar-refractivity contribution in [2.75, 3.05) is 0 Å². The lowest BCUT2D eigenvalue weighted by Gasteiger charge is -2.28. The summed E-state index contributed by atoms with van der Waals surface area (Å²) >= 11 is 0. The first kappa shape index (κ1) is 18.0. The topological polar surface area (TPSA) is 63.6 Å². The highest BCUT2D eigenvalue weighted by atomic mass is 16.5. The van der Waals surface area contributed by atoms with E-state index in [2.05, 4.69) is 6.92 Å². The van der Waals surface area contributed by atoms with Crippen LogP contribution in [0.25, 0.3) is 0 Å². The molecule has 1 fully saturated rings. The molecule has 3 unspecified atom stereocenters. The molecule has 0 amide bonds. The molecule has 1 N–H and O–H groups in total. The molecule has 122 valence electrons.